The fraction of sp³-hybridized carbons (Fsp3) is 0.444. The minimum atomic E-state index is -0.110. The van der Waals surface area contributed by atoms with Crippen LogP contribution in [0.25, 0.3) is 11.0 Å². The van der Waals surface area contributed by atoms with Crippen LogP contribution in [0.1, 0.15) is 35.6 Å². The molecule has 0 bridgehead atoms. The molecule has 6 heteroatoms. The molecule has 1 aliphatic heterocycles. The van der Waals surface area contributed by atoms with Gasteiger partial charge in [0.25, 0.3) is 5.89 Å². The summed E-state index contributed by atoms with van der Waals surface area (Å²) in [4.78, 5) is 4.31. The van der Waals surface area contributed by atoms with Gasteiger partial charge in [0.2, 0.25) is 0 Å². The van der Waals surface area contributed by atoms with E-state index >= 15 is 0 Å². The molecule has 2 atom stereocenters. The largest absolute Gasteiger partial charge is 0.461 e. The number of rotatable bonds is 5. The first-order valence-electron chi connectivity index (χ1n) is 8.32. The van der Waals surface area contributed by atoms with Crippen molar-refractivity contribution in [2.45, 2.75) is 32.9 Å². The third-order valence-electron chi connectivity index (χ3n) is 4.61. The number of ether oxygens (including phenoxy) is 1. The number of aryl methyl sites for hydroxylation is 2. The van der Waals surface area contributed by atoms with Crippen molar-refractivity contribution in [1.29, 1.82) is 0 Å². The molecule has 24 heavy (non-hydrogen) atoms. The molecule has 3 aromatic rings. The summed E-state index contributed by atoms with van der Waals surface area (Å²) < 4.78 is 16.9. The summed E-state index contributed by atoms with van der Waals surface area (Å²) in [7, 11) is 0. The molecule has 1 N–H and O–H groups in total. The number of hydrogen-bond acceptors (Lipinski definition) is 6. The fourth-order valence-electron chi connectivity index (χ4n) is 3.37. The summed E-state index contributed by atoms with van der Waals surface area (Å²) in [6, 6.07) is 8.14. The highest BCUT2D eigenvalue weighted by atomic mass is 16.5. The zero-order valence-electron chi connectivity index (χ0n) is 13.9. The van der Waals surface area contributed by atoms with Crippen LogP contribution >= 0.6 is 0 Å². The van der Waals surface area contributed by atoms with Crippen LogP contribution in [0.15, 0.2) is 33.2 Å². The van der Waals surface area contributed by atoms with Crippen molar-refractivity contribution < 1.29 is 13.7 Å². The van der Waals surface area contributed by atoms with Crippen LogP contribution in [0.3, 0.4) is 0 Å². The Morgan fingerprint density at radius 2 is 2.12 bits per heavy atom. The summed E-state index contributed by atoms with van der Waals surface area (Å²) in [5.74, 6) is 2.54. The maximum absolute atomic E-state index is 5.82. The normalized spacial score (nSPS) is 20.9. The van der Waals surface area contributed by atoms with Gasteiger partial charge in [-0.25, -0.2) is 0 Å². The van der Waals surface area contributed by atoms with Gasteiger partial charge < -0.3 is 19.0 Å². The van der Waals surface area contributed by atoms with Crippen molar-refractivity contribution in [3.8, 4) is 0 Å². The van der Waals surface area contributed by atoms with Crippen molar-refractivity contribution >= 4 is 11.0 Å². The number of fused-ring (bicyclic) bond motifs is 1. The molecular weight excluding hydrogens is 306 g/mol. The maximum atomic E-state index is 5.82. The minimum absolute atomic E-state index is 0.110. The SMILES string of the molecule is Cc1noc([C@H]2OCC[C@H]2CNCc2c(C)oc3ccccc23)n1. The van der Waals surface area contributed by atoms with Gasteiger partial charge in [-0.05, 0) is 26.3 Å². The van der Waals surface area contributed by atoms with Gasteiger partial charge in [-0.15, -0.1) is 0 Å². The average molecular weight is 327 g/mol. The molecule has 0 radical (unpaired) electrons. The lowest BCUT2D eigenvalue weighted by atomic mass is 10.0. The van der Waals surface area contributed by atoms with E-state index in [2.05, 4.69) is 21.5 Å². The third-order valence-corrected chi connectivity index (χ3v) is 4.61. The van der Waals surface area contributed by atoms with Crippen molar-refractivity contribution in [1.82, 2.24) is 15.5 Å². The fourth-order valence-corrected chi connectivity index (χ4v) is 3.37. The molecule has 0 aliphatic carbocycles. The number of para-hydroxylation sites is 1. The molecule has 1 aromatic carbocycles. The zero-order valence-corrected chi connectivity index (χ0v) is 13.9. The Hall–Kier alpha value is -2.18. The molecule has 1 saturated heterocycles. The first-order valence-corrected chi connectivity index (χ1v) is 8.32. The van der Waals surface area contributed by atoms with E-state index < -0.39 is 0 Å². The molecule has 4 rings (SSSR count). The van der Waals surface area contributed by atoms with E-state index in [-0.39, 0.29) is 6.10 Å². The van der Waals surface area contributed by atoms with E-state index in [0.717, 1.165) is 37.5 Å². The van der Waals surface area contributed by atoms with Gasteiger partial charge in [0.1, 0.15) is 17.4 Å². The monoisotopic (exact) mass is 327 g/mol. The number of nitrogens with one attached hydrogen (secondary N) is 1. The Morgan fingerprint density at radius 1 is 1.25 bits per heavy atom. The van der Waals surface area contributed by atoms with E-state index in [1.54, 1.807) is 0 Å². The summed E-state index contributed by atoms with van der Waals surface area (Å²) in [5, 5.41) is 8.58. The standard InChI is InChI=1S/C18H21N3O3/c1-11-15(14-5-3-4-6-16(14)23-11)10-19-9-13-7-8-22-17(13)18-20-12(2)21-24-18/h3-6,13,17,19H,7-10H2,1-2H3/t13-,17-/m0/s1. The van der Waals surface area contributed by atoms with Gasteiger partial charge >= 0.3 is 0 Å². The second-order valence-electron chi connectivity index (χ2n) is 6.28. The molecule has 2 aromatic heterocycles. The van der Waals surface area contributed by atoms with Crippen LogP contribution in [0.2, 0.25) is 0 Å². The van der Waals surface area contributed by atoms with Gasteiger partial charge in [-0.3, -0.25) is 0 Å². The Kier molecular flexibility index (Phi) is 4.08. The molecule has 3 heterocycles. The van der Waals surface area contributed by atoms with E-state index in [1.165, 1.54) is 10.9 Å². The van der Waals surface area contributed by atoms with Gasteiger partial charge in [-0.1, -0.05) is 23.4 Å². The van der Waals surface area contributed by atoms with Gasteiger partial charge in [-0.2, -0.15) is 4.98 Å². The van der Waals surface area contributed by atoms with Gasteiger partial charge in [0, 0.05) is 36.6 Å². The molecule has 1 aliphatic rings. The summed E-state index contributed by atoms with van der Waals surface area (Å²) in [6.07, 6.45) is 0.880. The predicted octanol–water partition coefficient (Wildman–Crippen LogP) is 3.30. The number of aromatic nitrogens is 2. The van der Waals surface area contributed by atoms with Crippen molar-refractivity contribution in [3.63, 3.8) is 0 Å². The Labute approximate surface area is 140 Å². The van der Waals surface area contributed by atoms with E-state index in [9.17, 15) is 0 Å². The average Bonchev–Trinajstić information content (AvgIpc) is 3.27. The molecule has 0 saturated carbocycles. The minimum Gasteiger partial charge on any atom is -0.461 e. The maximum Gasteiger partial charge on any atom is 0.256 e. The third kappa shape index (κ3) is 2.83. The number of benzene rings is 1. The van der Waals surface area contributed by atoms with Crippen LogP contribution in [0.4, 0.5) is 0 Å². The first-order chi connectivity index (χ1) is 11.7. The smallest absolute Gasteiger partial charge is 0.256 e. The zero-order chi connectivity index (χ0) is 16.5. The molecule has 0 spiro atoms. The summed E-state index contributed by atoms with van der Waals surface area (Å²) >= 11 is 0. The highest BCUT2D eigenvalue weighted by Gasteiger charge is 2.33. The lowest BCUT2D eigenvalue weighted by molar-refractivity contribution is 0.0623. The van der Waals surface area contributed by atoms with Crippen LogP contribution in [0.5, 0.6) is 0 Å². The second kappa shape index (κ2) is 6.37. The molecule has 0 unspecified atom stereocenters. The van der Waals surface area contributed by atoms with Crippen LogP contribution in [-0.4, -0.2) is 23.3 Å². The molecule has 0 amide bonds. The van der Waals surface area contributed by atoms with E-state index in [0.29, 0.717) is 17.6 Å². The lowest BCUT2D eigenvalue weighted by Crippen LogP contribution is -2.25. The van der Waals surface area contributed by atoms with E-state index in [4.69, 9.17) is 13.7 Å². The lowest BCUT2D eigenvalue weighted by Gasteiger charge is -2.15. The highest BCUT2D eigenvalue weighted by Crippen LogP contribution is 2.33. The number of nitrogens with zero attached hydrogens (tertiary/aromatic N) is 2. The second-order valence-corrected chi connectivity index (χ2v) is 6.28. The summed E-state index contributed by atoms with van der Waals surface area (Å²) in [5.41, 5.74) is 2.16. The van der Waals surface area contributed by atoms with Gasteiger partial charge in [0.15, 0.2) is 5.82 Å². The van der Waals surface area contributed by atoms with Crippen LogP contribution < -0.4 is 5.32 Å². The van der Waals surface area contributed by atoms with Crippen molar-refractivity contribution in [2.75, 3.05) is 13.2 Å². The predicted molar refractivity (Wildman–Crippen MR) is 88.5 cm³/mol. The quantitative estimate of drug-likeness (QED) is 0.775. The van der Waals surface area contributed by atoms with Crippen LogP contribution in [0, 0.1) is 19.8 Å². The molecule has 1 fully saturated rings. The van der Waals surface area contributed by atoms with Crippen molar-refractivity contribution in [3.05, 3.63) is 47.3 Å². The Balaban J connectivity index is 1.42. The van der Waals surface area contributed by atoms with E-state index in [1.807, 2.05) is 32.0 Å². The Morgan fingerprint density at radius 3 is 2.96 bits per heavy atom. The topological polar surface area (TPSA) is 73.3 Å². The summed E-state index contributed by atoms with van der Waals surface area (Å²) in [6.45, 7) is 6.17. The molecule has 126 valence electrons. The van der Waals surface area contributed by atoms with Crippen molar-refractivity contribution in [2.24, 2.45) is 5.92 Å². The highest BCUT2D eigenvalue weighted by molar-refractivity contribution is 5.82. The van der Waals surface area contributed by atoms with Gasteiger partial charge in [0.05, 0.1) is 0 Å². The molecular formula is C18H21N3O3. The molecule has 6 nitrogen and oxygen atoms in total. The Bertz CT molecular complexity index is 839. The first kappa shape index (κ1) is 15.4. The number of furan rings is 1. The van der Waals surface area contributed by atoms with Crippen LogP contribution in [-0.2, 0) is 11.3 Å². The number of hydrogen-bond donors (Lipinski definition) is 1.